The molecule has 0 saturated carbocycles. The zero-order valence-corrected chi connectivity index (χ0v) is 22.3. The first-order valence-electron chi connectivity index (χ1n) is 12.9. The van der Waals surface area contributed by atoms with Gasteiger partial charge in [0.15, 0.2) is 5.82 Å². The van der Waals surface area contributed by atoms with Crippen LogP contribution in [0.3, 0.4) is 0 Å². The summed E-state index contributed by atoms with van der Waals surface area (Å²) in [5.74, 6) is -0.400. The number of nitrogens with two attached hydrogens (primary N) is 1. The predicted octanol–water partition coefficient (Wildman–Crippen LogP) is 4.09. The number of rotatable bonds is 12. The number of carbonyl (C=O) groups is 2. The zero-order chi connectivity index (χ0) is 27.7. The summed E-state index contributed by atoms with van der Waals surface area (Å²) in [6, 6.07) is 29.2. The number of anilines is 1. The number of ether oxygens (including phenoxy) is 1. The maximum absolute atomic E-state index is 13.2. The molecule has 0 aliphatic carbocycles. The third-order valence-electron chi connectivity index (χ3n) is 6.28. The van der Waals surface area contributed by atoms with Crippen LogP contribution in [0, 0.1) is 0 Å². The fourth-order valence-electron chi connectivity index (χ4n) is 4.12. The lowest BCUT2D eigenvalue weighted by atomic mass is 9.91. The summed E-state index contributed by atoms with van der Waals surface area (Å²) in [5, 5.41) is 5.52. The van der Waals surface area contributed by atoms with Gasteiger partial charge in [-0.05, 0) is 30.5 Å². The minimum Gasteiger partial charge on any atom is -0.374 e. The Morgan fingerprint density at radius 2 is 1.49 bits per heavy atom. The molecule has 4 aromatic rings. The van der Waals surface area contributed by atoms with E-state index < -0.39 is 23.4 Å². The van der Waals surface area contributed by atoms with Crippen LogP contribution in [0.15, 0.2) is 104 Å². The second kappa shape index (κ2) is 13.0. The molecule has 1 heterocycles. The number of amides is 2. The molecule has 202 valence electrons. The highest BCUT2D eigenvalue weighted by Crippen LogP contribution is 2.26. The van der Waals surface area contributed by atoms with Gasteiger partial charge < -0.3 is 25.7 Å². The zero-order valence-electron chi connectivity index (χ0n) is 22.3. The molecule has 2 amide bonds. The molecule has 0 spiro atoms. The Morgan fingerprint density at radius 3 is 2.05 bits per heavy atom. The van der Waals surface area contributed by atoms with E-state index in [1.54, 1.807) is 26.4 Å². The molecule has 0 radical (unpaired) electrons. The molecule has 4 N–H and O–H groups in total. The van der Waals surface area contributed by atoms with Crippen LogP contribution in [0.2, 0.25) is 0 Å². The van der Waals surface area contributed by atoms with E-state index in [4.69, 9.17) is 10.5 Å². The maximum Gasteiger partial charge on any atom is 0.250 e. The van der Waals surface area contributed by atoms with Crippen LogP contribution in [-0.4, -0.2) is 39.6 Å². The number of hydrogen-bond donors (Lipinski definition) is 3. The van der Waals surface area contributed by atoms with Gasteiger partial charge in [0.1, 0.15) is 6.04 Å². The lowest BCUT2D eigenvalue weighted by Crippen LogP contribution is -2.56. The van der Waals surface area contributed by atoms with E-state index in [-0.39, 0.29) is 12.5 Å². The maximum atomic E-state index is 13.2. The number of benzene rings is 3. The molecule has 0 unspecified atom stereocenters. The van der Waals surface area contributed by atoms with Crippen molar-refractivity contribution in [2.24, 2.45) is 5.73 Å². The smallest absolute Gasteiger partial charge is 0.250 e. The van der Waals surface area contributed by atoms with Crippen LogP contribution >= 0.6 is 0 Å². The second-order valence-corrected chi connectivity index (χ2v) is 10.1. The highest BCUT2D eigenvalue weighted by Gasteiger charge is 2.28. The summed E-state index contributed by atoms with van der Waals surface area (Å²) in [6.07, 6.45) is 3.48. The molecule has 1 aromatic heterocycles. The van der Waals surface area contributed by atoms with Gasteiger partial charge in [0.05, 0.1) is 25.1 Å². The van der Waals surface area contributed by atoms with Crippen LogP contribution in [-0.2, 0) is 27.5 Å². The Hall–Kier alpha value is -4.27. The van der Waals surface area contributed by atoms with E-state index in [2.05, 4.69) is 39.9 Å². The van der Waals surface area contributed by atoms with Crippen molar-refractivity contribution in [1.82, 2.24) is 14.9 Å². The van der Waals surface area contributed by atoms with Crippen LogP contribution in [0.5, 0.6) is 0 Å². The normalized spacial score (nSPS) is 12.2. The van der Waals surface area contributed by atoms with Gasteiger partial charge >= 0.3 is 0 Å². The van der Waals surface area contributed by atoms with E-state index in [9.17, 15) is 9.59 Å². The molecule has 8 heteroatoms. The van der Waals surface area contributed by atoms with Gasteiger partial charge in [-0.2, -0.15) is 0 Å². The van der Waals surface area contributed by atoms with E-state index in [1.165, 1.54) is 11.1 Å². The Balaban J connectivity index is 1.44. The van der Waals surface area contributed by atoms with Gasteiger partial charge in [0.25, 0.3) is 5.91 Å². The Bertz CT molecular complexity index is 1300. The Morgan fingerprint density at radius 1 is 0.923 bits per heavy atom. The molecule has 8 nitrogen and oxygen atoms in total. The quantitative estimate of drug-likeness (QED) is 0.258. The summed E-state index contributed by atoms with van der Waals surface area (Å²) in [6.45, 7) is 4.09. The molecule has 0 saturated heterocycles. The van der Waals surface area contributed by atoms with Crippen molar-refractivity contribution >= 4 is 17.6 Å². The van der Waals surface area contributed by atoms with Crippen LogP contribution < -0.4 is 16.4 Å². The largest absolute Gasteiger partial charge is 0.374 e. The number of nitrogens with zero attached hydrogens (tertiary/aromatic N) is 2. The van der Waals surface area contributed by atoms with Crippen molar-refractivity contribution in [2.45, 2.75) is 44.5 Å². The fourth-order valence-corrected chi connectivity index (χ4v) is 4.12. The standard InChI is InChI=1S/C31H35N5O3/c1-31(2,32)30(38)34-27(21-39-20-23-12-6-3-7-13-23)29(37)35-28-19-36(22-33-28)18-26(24-14-8-4-9-15-24)25-16-10-5-11-17-25/h3-17,19,22,26-27H,18,20-21,32H2,1-2H3,(H,34,38)(H,35,37)/t27-/m1/s1. The summed E-state index contributed by atoms with van der Waals surface area (Å²) in [5.41, 5.74) is 8.13. The van der Waals surface area contributed by atoms with Gasteiger partial charge in [0.2, 0.25) is 5.91 Å². The van der Waals surface area contributed by atoms with Crippen molar-refractivity contribution in [2.75, 3.05) is 11.9 Å². The Labute approximate surface area is 229 Å². The minimum absolute atomic E-state index is 0.0205. The molecule has 0 fully saturated rings. The summed E-state index contributed by atoms with van der Waals surface area (Å²) >= 11 is 0. The highest BCUT2D eigenvalue weighted by molar-refractivity contribution is 5.98. The average molecular weight is 526 g/mol. The molecular formula is C31H35N5O3. The first-order valence-corrected chi connectivity index (χ1v) is 12.9. The third kappa shape index (κ3) is 8.10. The number of nitrogens with one attached hydrogen (secondary N) is 2. The molecule has 0 aliphatic rings. The number of aromatic nitrogens is 2. The molecule has 0 aliphatic heterocycles. The highest BCUT2D eigenvalue weighted by atomic mass is 16.5. The lowest BCUT2D eigenvalue weighted by molar-refractivity contribution is -0.130. The molecule has 4 rings (SSSR count). The monoisotopic (exact) mass is 525 g/mol. The number of imidazole rings is 1. The first-order chi connectivity index (χ1) is 18.8. The minimum atomic E-state index is -1.15. The molecule has 0 bridgehead atoms. The Kier molecular flexibility index (Phi) is 9.25. The SMILES string of the molecule is CC(C)(N)C(=O)N[C@H](COCc1ccccc1)C(=O)Nc1cn(CC(c2ccccc2)c2ccccc2)cn1. The summed E-state index contributed by atoms with van der Waals surface area (Å²) in [4.78, 5) is 30.2. The summed E-state index contributed by atoms with van der Waals surface area (Å²) in [7, 11) is 0. The van der Waals surface area contributed by atoms with E-state index in [0.717, 1.165) is 5.56 Å². The van der Waals surface area contributed by atoms with Gasteiger partial charge in [0, 0.05) is 18.7 Å². The van der Waals surface area contributed by atoms with Crippen molar-refractivity contribution in [3.05, 3.63) is 120 Å². The van der Waals surface area contributed by atoms with Gasteiger partial charge in [-0.25, -0.2) is 4.98 Å². The van der Waals surface area contributed by atoms with Crippen molar-refractivity contribution in [1.29, 1.82) is 0 Å². The average Bonchev–Trinajstić information content (AvgIpc) is 3.38. The first kappa shape index (κ1) is 27.8. The third-order valence-corrected chi connectivity index (χ3v) is 6.28. The van der Waals surface area contributed by atoms with E-state index in [1.807, 2.05) is 71.3 Å². The summed E-state index contributed by atoms with van der Waals surface area (Å²) < 4.78 is 7.72. The molecular weight excluding hydrogens is 490 g/mol. The molecule has 1 atom stereocenters. The van der Waals surface area contributed by atoms with Crippen LogP contribution in [0.25, 0.3) is 0 Å². The van der Waals surface area contributed by atoms with Gasteiger partial charge in [-0.3, -0.25) is 9.59 Å². The molecule has 3 aromatic carbocycles. The number of carbonyl (C=O) groups excluding carboxylic acids is 2. The van der Waals surface area contributed by atoms with Crippen LogP contribution in [0.1, 0.15) is 36.5 Å². The second-order valence-electron chi connectivity index (χ2n) is 10.1. The van der Waals surface area contributed by atoms with Crippen LogP contribution in [0.4, 0.5) is 5.82 Å². The lowest BCUT2D eigenvalue weighted by Gasteiger charge is -2.23. The van der Waals surface area contributed by atoms with Gasteiger partial charge in [-0.15, -0.1) is 0 Å². The topological polar surface area (TPSA) is 111 Å². The van der Waals surface area contributed by atoms with Crippen molar-refractivity contribution in [3.8, 4) is 0 Å². The van der Waals surface area contributed by atoms with E-state index >= 15 is 0 Å². The number of hydrogen-bond acceptors (Lipinski definition) is 5. The molecule has 39 heavy (non-hydrogen) atoms. The van der Waals surface area contributed by atoms with Gasteiger partial charge in [-0.1, -0.05) is 91.0 Å². The fraction of sp³-hybridized carbons (Fsp3) is 0.258. The van der Waals surface area contributed by atoms with Crippen molar-refractivity contribution in [3.63, 3.8) is 0 Å². The van der Waals surface area contributed by atoms with Crippen molar-refractivity contribution < 1.29 is 14.3 Å². The van der Waals surface area contributed by atoms with E-state index in [0.29, 0.717) is 19.0 Å². The predicted molar refractivity (Wildman–Crippen MR) is 152 cm³/mol.